The van der Waals surface area contributed by atoms with E-state index in [1.54, 1.807) is 6.07 Å². The molecule has 0 aromatic heterocycles. The number of rotatable bonds is 2. The van der Waals surface area contributed by atoms with Crippen molar-refractivity contribution in [2.45, 2.75) is 38.2 Å². The van der Waals surface area contributed by atoms with Crippen LogP contribution in [0.3, 0.4) is 0 Å². The molecule has 1 aromatic carbocycles. The summed E-state index contributed by atoms with van der Waals surface area (Å²) >= 11 is 5.97. The highest BCUT2D eigenvalue weighted by Gasteiger charge is 2.23. The minimum absolute atomic E-state index is 0.227. The Morgan fingerprint density at radius 3 is 2.75 bits per heavy atom. The molecule has 1 aliphatic rings. The van der Waals surface area contributed by atoms with Crippen LogP contribution >= 0.6 is 11.6 Å². The molecule has 2 unspecified atom stereocenters. The lowest BCUT2D eigenvalue weighted by atomic mass is 9.82. The zero-order chi connectivity index (χ0) is 11.5. The molecular weight excluding hydrogens is 227 g/mol. The molecule has 1 aromatic rings. The van der Waals surface area contributed by atoms with Crippen molar-refractivity contribution in [2.75, 3.05) is 0 Å². The van der Waals surface area contributed by atoms with Gasteiger partial charge >= 0.3 is 0 Å². The van der Waals surface area contributed by atoms with Gasteiger partial charge in [-0.05, 0) is 42.9 Å². The molecule has 1 fully saturated rings. The molecule has 1 aliphatic carbocycles. The predicted molar refractivity (Wildman–Crippen MR) is 63.1 cm³/mol. The Labute approximate surface area is 100 Å². The number of hydrogen-bond donors (Lipinski definition) is 1. The number of benzene rings is 1. The molecule has 0 amide bonds. The number of aliphatic hydroxyl groups is 1. The van der Waals surface area contributed by atoms with Gasteiger partial charge in [-0.1, -0.05) is 30.5 Å². The van der Waals surface area contributed by atoms with Crippen molar-refractivity contribution in [2.24, 2.45) is 5.92 Å². The van der Waals surface area contributed by atoms with Gasteiger partial charge in [0, 0.05) is 5.02 Å². The smallest absolute Gasteiger partial charge is 0.124 e. The number of hydrogen-bond acceptors (Lipinski definition) is 1. The van der Waals surface area contributed by atoms with E-state index in [-0.39, 0.29) is 17.8 Å². The molecule has 3 heteroatoms. The summed E-state index contributed by atoms with van der Waals surface area (Å²) in [7, 11) is 0. The minimum Gasteiger partial charge on any atom is -0.393 e. The molecule has 0 heterocycles. The Kier molecular flexibility index (Phi) is 3.82. The Morgan fingerprint density at radius 2 is 2.06 bits per heavy atom. The van der Waals surface area contributed by atoms with Gasteiger partial charge in [0.15, 0.2) is 0 Å². The molecule has 0 radical (unpaired) electrons. The summed E-state index contributed by atoms with van der Waals surface area (Å²) in [4.78, 5) is 0. The summed E-state index contributed by atoms with van der Waals surface area (Å²) in [5, 5.41) is 10.3. The molecule has 1 saturated carbocycles. The summed E-state index contributed by atoms with van der Waals surface area (Å²) in [6.45, 7) is 0. The first kappa shape index (κ1) is 11.9. The highest BCUT2D eigenvalue weighted by Crippen LogP contribution is 2.29. The van der Waals surface area contributed by atoms with Crippen LogP contribution in [0.5, 0.6) is 0 Å². The molecule has 16 heavy (non-hydrogen) atoms. The predicted octanol–water partition coefficient (Wildman–Crippen LogP) is 3.57. The van der Waals surface area contributed by atoms with E-state index in [2.05, 4.69) is 0 Å². The van der Waals surface area contributed by atoms with Crippen LogP contribution in [0.2, 0.25) is 5.02 Å². The molecule has 0 saturated heterocycles. The lowest BCUT2D eigenvalue weighted by Gasteiger charge is -2.27. The van der Waals surface area contributed by atoms with Crippen LogP contribution in [0.1, 0.15) is 31.2 Å². The van der Waals surface area contributed by atoms with Crippen molar-refractivity contribution in [1.29, 1.82) is 0 Å². The summed E-state index contributed by atoms with van der Waals surface area (Å²) in [6, 6.07) is 4.49. The van der Waals surface area contributed by atoms with Crippen molar-refractivity contribution < 1.29 is 9.50 Å². The standard InChI is InChI=1S/C13H16ClFO/c14-12-8-11(15)6-5-9(12)7-10-3-1-2-4-13(10)16/h5-6,8,10,13,16H,1-4,7H2. The maximum atomic E-state index is 12.9. The van der Waals surface area contributed by atoms with E-state index in [4.69, 9.17) is 11.6 Å². The van der Waals surface area contributed by atoms with E-state index in [0.717, 1.165) is 31.2 Å². The van der Waals surface area contributed by atoms with E-state index >= 15 is 0 Å². The zero-order valence-corrected chi connectivity index (χ0v) is 9.88. The van der Waals surface area contributed by atoms with E-state index < -0.39 is 0 Å². The zero-order valence-electron chi connectivity index (χ0n) is 9.13. The SMILES string of the molecule is OC1CCCCC1Cc1ccc(F)cc1Cl. The quantitative estimate of drug-likeness (QED) is 0.841. The summed E-state index contributed by atoms with van der Waals surface area (Å²) in [5.74, 6) is -0.0327. The molecule has 2 rings (SSSR count). The fraction of sp³-hybridized carbons (Fsp3) is 0.538. The van der Waals surface area contributed by atoms with Crippen LogP contribution in [-0.4, -0.2) is 11.2 Å². The Bertz CT molecular complexity index is 367. The summed E-state index contributed by atoms with van der Waals surface area (Å²) in [6.07, 6.45) is 4.71. The second-order valence-electron chi connectivity index (χ2n) is 4.55. The van der Waals surface area contributed by atoms with Crippen LogP contribution in [0.15, 0.2) is 18.2 Å². The molecular formula is C13H16ClFO. The van der Waals surface area contributed by atoms with Gasteiger partial charge in [-0.15, -0.1) is 0 Å². The topological polar surface area (TPSA) is 20.2 Å². The van der Waals surface area contributed by atoms with E-state index in [0.29, 0.717) is 5.02 Å². The van der Waals surface area contributed by atoms with Crippen molar-refractivity contribution in [3.63, 3.8) is 0 Å². The first-order chi connectivity index (χ1) is 7.66. The molecule has 1 nitrogen and oxygen atoms in total. The van der Waals surface area contributed by atoms with Gasteiger partial charge in [-0.2, -0.15) is 0 Å². The number of aliphatic hydroxyl groups excluding tert-OH is 1. The molecule has 0 bridgehead atoms. The Morgan fingerprint density at radius 1 is 1.31 bits per heavy atom. The van der Waals surface area contributed by atoms with E-state index in [9.17, 15) is 9.50 Å². The molecule has 1 N–H and O–H groups in total. The van der Waals surface area contributed by atoms with Crippen LogP contribution in [0, 0.1) is 11.7 Å². The van der Waals surface area contributed by atoms with Gasteiger partial charge < -0.3 is 5.11 Å². The van der Waals surface area contributed by atoms with Crippen LogP contribution in [0.25, 0.3) is 0 Å². The largest absolute Gasteiger partial charge is 0.393 e. The van der Waals surface area contributed by atoms with Crippen molar-refractivity contribution in [3.05, 3.63) is 34.6 Å². The summed E-state index contributed by atoms with van der Waals surface area (Å²) < 4.78 is 12.9. The van der Waals surface area contributed by atoms with Gasteiger partial charge in [0.05, 0.1) is 6.10 Å². The van der Waals surface area contributed by atoms with Gasteiger partial charge in [-0.25, -0.2) is 4.39 Å². The maximum absolute atomic E-state index is 12.9. The molecule has 0 spiro atoms. The fourth-order valence-corrected chi connectivity index (χ4v) is 2.64. The maximum Gasteiger partial charge on any atom is 0.124 e. The lowest BCUT2D eigenvalue weighted by Crippen LogP contribution is -2.26. The normalized spacial score (nSPS) is 25.7. The monoisotopic (exact) mass is 242 g/mol. The first-order valence-electron chi connectivity index (χ1n) is 5.79. The van der Waals surface area contributed by atoms with Gasteiger partial charge in [0.2, 0.25) is 0 Å². The Hall–Kier alpha value is -0.600. The fourth-order valence-electron chi connectivity index (χ4n) is 2.40. The van der Waals surface area contributed by atoms with Crippen molar-refractivity contribution in [1.82, 2.24) is 0 Å². The lowest BCUT2D eigenvalue weighted by molar-refractivity contribution is 0.0700. The second-order valence-corrected chi connectivity index (χ2v) is 4.96. The van der Waals surface area contributed by atoms with Gasteiger partial charge in [-0.3, -0.25) is 0 Å². The molecule has 88 valence electrons. The number of halogens is 2. The minimum atomic E-state index is -0.307. The van der Waals surface area contributed by atoms with E-state index in [1.165, 1.54) is 18.6 Å². The highest BCUT2D eigenvalue weighted by atomic mass is 35.5. The summed E-state index contributed by atoms with van der Waals surface area (Å²) in [5.41, 5.74) is 0.939. The van der Waals surface area contributed by atoms with Crippen LogP contribution in [-0.2, 0) is 6.42 Å². The average Bonchev–Trinajstić information content (AvgIpc) is 2.25. The van der Waals surface area contributed by atoms with E-state index in [1.807, 2.05) is 0 Å². The van der Waals surface area contributed by atoms with Gasteiger partial charge in [0.1, 0.15) is 5.82 Å². The first-order valence-corrected chi connectivity index (χ1v) is 6.16. The molecule has 0 aliphatic heterocycles. The van der Waals surface area contributed by atoms with Gasteiger partial charge in [0.25, 0.3) is 0 Å². The van der Waals surface area contributed by atoms with Crippen LogP contribution in [0.4, 0.5) is 4.39 Å². The average molecular weight is 243 g/mol. The third-order valence-electron chi connectivity index (χ3n) is 3.37. The molecule has 2 atom stereocenters. The van der Waals surface area contributed by atoms with Crippen molar-refractivity contribution in [3.8, 4) is 0 Å². The third kappa shape index (κ3) is 2.74. The van der Waals surface area contributed by atoms with Crippen molar-refractivity contribution >= 4 is 11.6 Å². The third-order valence-corrected chi connectivity index (χ3v) is 3.72. The highest BCUT2D eigenvalue weighted by molar-refractivity contribution is 6.31. The second kappa shape index (κ2) is 5.15. The van der Waals surface area contributed by atoms with Crippen LogP contribution < -0.4 is 0 Å². The Balaban J connectivity index is 2.07.